The van der Waals surface area contributed by atoms with Gasteiger partial charge >= 0.3 is 5.97 Å². The van der Waals surface area contributed by atoms with Gasteiger partial charge in [0.1, 0.15) is 17.5 Å². The van der Waals surface area contributed by atoms with E-state index in [1.807, 2.05) is 43.5 Å². The van der Waals surface area contributed by atoms with Crippen LogP contribution in [0.25, 0.3) is 10.9 Å². The van der Waals surface area contributed by atoms with E-state index in [1.54, 1.807) is 0 Å². The second-order valence-corrected chi connectivity index (χ2v) is 6.20. The molecule has 0 saturated carbocycles. The molecular formula is C19H25N3O5. The number of aliphatic carboxylic acids is 1. The molecule has 1 atom stereocenters. The van der Waals surface area contributed by atoms with E-state index in [1.165, 1.54) is 0 Å². The number of nitrogens with one attached hydrogen (secondary N) is 1. The number of carboxylic acids is 1. The molecule has 27 heavy (non-hydrogen) atoms. The van der Waals surface area contributed by atoms with Crippen LogP contribution in [0.5, 0.6) is 5.75 Å². The van der Waals surface area contributed by atoms with E-state index >= 15 is 0 Å². The van der Waals surface area contributed by atoms with Crippen molar-refractivity contribution in [1.82, 2.24) is 9.88 Å². The first-order valence-electron chi connectivity index (χ1n) is 8.87. The van der Waals surface area contributed by atoms with Crippen LogP contribution in [0.1, 0.15) is 42.7 Å². The molecule has 0 bridgehead atoms. The second kappa shape index (κ2) is 8.57. The lowest BCUT2D eigenvalue weighted by Gasteiger charge is -2.15. The van der Waals surface area contributed by atoms with Gasteiger partial charge in [-0.1, -0.05) is 0 Å². The largest absolute Gasteiger partial charge is 0.494 e. The average Bonchev–Trinajstić information content (AvgIpc) is 2.90. The van der Waals surface area contributed by atoms with Gasteiger partial charge in [0.25, 0.3) is 5.91 Å². The lowest BCUT2D eigenvalue weighted by atomic mass is 10.1. The van der Waals surface area contributed by atoms with Gasteiger partial charge in [-0.3, -0.25) is 9.59 Å². The minimum Gasteiger partial charge on any atom is -0.494 e. The molecule has 146 valence electrons. The molecular weight excluding hydrogens is 350 g/mol. The number of aryl methyl sites for hydroxylation is 2. The van der Waals surface area contributed by atoms with Gasteiger partial charge in [-0.15, -0.1) is 0 Å². The monoisotopic (exact) mass is 375 g/mol. The molecule has 2 amide bonds. The van der Waals surface area contributed by atoms with Gasteiger partial charge in [-0.2, -0.15) is 0 Å². The molecule has 0 saturated heterocycles. The Kier molecular flexibility index (Phi) is 6.44. The fourth-order valence-corrected chi connectivity index (χ4v) is 3.15. The Morgan fingerprint density at radius 3 is 2.56 bits per heavy atom. The van der Waals surface area contributed by atoms with Crippen LogP contribution in [0.15, 0.2) is 18.2 Å². The fourth-order valence-electron chi connectivity index (χ4n) is 3.15. The van der Waals surface area contributed by atoms with Gasteiger partial charge in [0.05, 0.1) is 6.61 Å². The first kappa shape index (κ1) is 20.3. The lowest BCUT2D eigenvalue weighted by Crippen LogP contribution is -2.42. The second-order valence-electron chi connectivity index (χ2n) is 6.20. The highest BCUT2D eigenvalue weighted by Crippen LogP contribution is 2.29. The number of hydrogen-bond donors (Lipinski definition) is 3. The number of fused-ring (bicyclic) bond motifs is 1. The van der Waals surface area contributed by atoms with Crippen molar-refractivity contribution in [2.24, 2.45) is 5.73 Å². The Balaban J connectivity index is 2.40. The molecule has 0 radical (unpaired) electrons. The van der Waals surface area contributed by atoms with E-state index in [0.717, 1.165) is 16.5 Å². The zero-order chi connectivity index (χ0) is 20.1. The number of carbonyl (C=O) groups is 3. The van der Waals surface area contributed by atoms with Crippen LogP contribution in [-0.2, 0) is 16.1 Å². The Morgan fingerprint density at radius 2 is 2.00 bits per heavy atom. The summed E-state index contributed by atoms with van der Waals surface area (Å²) in [5.74, 6) is -1.61. The number of aromatic nitrogens is 1. The quantitative estimate of drug-likeness (QED) is 0.617. The highest BCUT2D eigenvalue weighted by molar-refractivity contribution is 6.03. The van der Waals surface area contributed by atoms with Crippen molar-refractivity contribution in [3.8, 4) is 5.75 Å². The van der Waals surface area contributed by atoms with Gasteiger partial charge < -0.3 is 25.5 Å². The van der Waals surface area contributed by atoms with Gasteiger partial charge in [-0.05, 0) is 51.0 Å². The first-order valence-corrected chi connectivity index (χ1v) is 8.87. The Bertz CT molecular complexity index is 872. The van der Waals surface area contributed by atoms with Crippen LogP contribution >= 0.6 is 0 Å². The van der Waals surface area contributed by atoms with Crippen molar-refractivity contribution >= 4 is 28.7 Å². The van der Waals surface area contributed by atoms with Crippen molar-refractivity contribution in [2.45, 2.75) is 46.2 Å². The third-order valence-corrected chi connectivity index (χ3v) is 4.41. The summed E-state index contributed by atoms with van der Waals surface area (Å²) in [6.45, 7) is 6.70. The maximum Gasteiger partial charge on any atom is 0.326 e. The molecule has 1 heterocycles. The third-order valence-electron chi connectivity index (χ3n) is 4.41. The summed E-state index contributed by atoms with van der Waals surface area (Å²) in [6, 6.07) is 4.41. The van der Waals surface area contributed by atoms with E-state index in [2.05, 4.69) is 5.32 Å². The van der Waals surface area contributed by atoms with Crippen LogP contribution in [0.4, 0.5) is 0 Å². The first-order chi connectivity index (χ1) is 12.8. The molecule has 0 aliphatic rings. The van der Waals surface area contributed by atoms with Gasteiger partial charge in [0.15, 0.2) is 0 Å². The van der Waals surface area contributed by atoms with Crippen LogP contribution in [-0.4, -0.2) is 40.1 Å². The summed E-state index contributed by atoms with van der Waals surface area (Å²) in [4.78, 5) is 35.2. The van der Waals surface area contributed by atoms with Crippen molar-refractivity contribution in [3.05, 3.63) is 29.5 Å². The molecule has 4 N–H and O–H groups in total. The Morgan fingerprint density at radius 1 is 1.30 bits per heavy atom. The lowest BCUT2D eigenvalue weighted by molar-refractivity contribution is -0.139. The number of benzene rings is 1. The Labute approximate surface area is 157 Å². The molecule has 1 unspecified atom stereocenters. The molecule has 0 aliphatic carbocycles. The fraction of sp³-hybridized carbons (Fsp3) is 0.421. The number of carboxylic acid groups (broad SMARTS) is 1. The number of hydrogen-bond acceptors (Lipinski definition) is 4. The molecule has 2 aromatic rings. The summed E-state index contributed by atoms with van der Waals surface area (Å²) in [5, 5.41) is 12.7. The predicted octanol–water partition coefficient (Wildman–Crippen LogP) is 1.82. The van der Waals surface area contributed by atoms with Crippen LogP contribution in [0, 0.1) is 6.92 Å². The summed E-state index contributed by atoms with van der Waals surface area (Å²) in [7, 11) is 0. The van der Waals surface area contributed by atoms with E-state index in [0.29, 0.717) is 24.6 Å². The molecule has 8 heteroatoms. The Hall–Kier alpha value is -3.03. The number of primary amides is 1. The SMILES string of the molecule is CCOc1ccc2c(c1)c(C)c(C(=O)NC(CCC(N)=O)C(=O)O)n2CC. The number of ether oxygens (including phenoxy) is 1. The smallest absolute Gasteiger partial charge is 0.326 e. The highest BCUT2D eigenvalue weighted by Gasteiger charge is 2.25. The zero-order valence-electron chi connectivity index (χ0n) is 15.7. The summed E-state index contributed by atoms with van der Waals surface area (Å²) >= 11 is 0. The summed E-state index contributed by atoms with van der Waals surface area (Å²) in [5.41, 5.74) is 7.09. The maximum atomic E-state index is 12.8. The molecule has 1 aromatic carbocycles. The maximum absolute atomic E-state index is 12.8. The number of amides is 2. The predicted molar refractivity (Wildman–Crippen MR) is 101 cm³/mol. The molecule has 0 spiro atoms. The molecule has 0 aliphatic heterocycles. The van der Waals surface area contributed by atoms with Crippen molar-refractivity contribution in [3.63, 3.8) is 0 Å². The highest BCUT2D eigenvalue weighted by atomic mass is 16.5. The van der Waals surface area contributed by atoms with Crippen molar-refractivity contribution in [2.75, 3.05) is 6.61 Å². The minimum atomic E-state index is -1.21. The number of carbonyl (C=O) groups excluding carboxylic acids is 2. The summed E-state index contributed by atoms with van der Waals surface area (Å²) in [6.07, 6.45) is -0.180. The average molecular weight is 375 g/mol. The van der Waals surface area contributed by atoms with E-state index < -0.39 is 23.8 Å². The third kappa shape index (κ3) is 4.39. The van der Waals surface area contributed by atoms with Gasteiger partial charge in [0.2, 0.25) is 5.91 Å². The number of nitrogens with two attached hydrogens (primary N) is 1. The molecule has 0 fully saturated rings. The normalized spacial score (nSPS) is 12.0. The van der Waals surface area contributed by atoms with Crippen LogP contribution in [0.2, 0.25) is 0 Å². The van der Waals surface area contributed by atoms with Gasteiger partial charge in [-0.25, -0.2) is 4.79 Å². The van der Waals surface area contributed by atoms with Crippen molar-refractivity contribution in [1.29, 1.82) is 0 Å². The van der Waals surface area contributed by atoms with Crippen LogP contribution < -0.4 is 15.8 Å². The van der Waals surface area contributed by atoms with E-state index in [9.17, 15) is 19.5 Å². The summed E-state index contributed by atoms with van der Waals surface area (Å²) < 4.78 is 7.37. The van der Waals surface area contributed by atoms with Gasteiger partial charge in [0, 0.05) is 23.9 Å². The van der Waals surface area contributed by atoms with E-state index in [-0.39, 0.29) is 12.8 Å². The topological polar surface area (TPSA) is 124 Å². The van der Waals surface area contributed by atoms with E-state index in [4.69, 9.17) is 10.5 Å². The number of nitrogens with zero attached hydrogens (tertiary/aromatic N) is 1. The zero-order valence-corrected chi connectivity index (χ0v) is 15.7. The standard InChI is InChI=1S/C19H25N3O5/c1-4-22-15-8-6-12(27-5-2)10-13(15)11(3)17(22)18(24)21-14(19(25)26)7-9-16(20)23/h6,8,10,14H,4-5,7,9H2,1-3H3,(H2,20,23)(H,21,24)(H,25,26). The number of rotatable bonds is 9. The van der Waals surface area contributed by atoms with Crippen LogP contribution in [0.3, 0.4) is 0 Å². The van der Waals surface area contributed by atoms with Crippen molar-refractivity contribution < 1.29 is 24.2 Å². The molecule has 8 nitrogen and oxygen atoms in total. The molecule has 2 rings (SSSR count). The minimum absolute atomic E-state index is 0.0592. The molecule has 1 aromatic heterocycles.